The summed E-state index contributed by atoms with van der Waals surface area (Å²) in [6.07, 6.45) is 5.56. The van der Waals surface area contributed by atoms with Crippen LogP contribution in [0, 0.1) is 5.92 Å². The van der Waals surface area contributed by atoms with Gasteiger partial charge in [0.15, 0.2) is 11.5 Å². The van der Waals surface area contributed by atoms with Crippen LogP contribution in [0.2, 0.25) is 0 Å². The Morgan fingerprint density at radius 2 is 1.95 bits per heavy atom. The second-order valence-corrected chi connectivity index (χ2v) is 6.65. The molecule has 2 aliphatic rings. The van der Waals surface area contributed by atoms with Crippen LogP contribution in [0.25, 0.3) is 0 Å². The van der Waals surface area contributed by atoms with Crippen molar-refractivity contribution in [3.63, 3.8) is 0 Å². The largest absolute Gasteiger partial charge is 0.486 e. The highest BCUT2D eigenvalue weighted by molar-refractivity contribution is 7.99. The van der Waals surface area contributed by atoms with Gasteiger partial charge in [-0.25, -0.2) is 0 Å². The van der Waals surface area contributed by atoms with Gasteiger partial charge in [0.2, 0.25) is 0 Å². The lowest BCUT2D eigenvalue weighted by molar-refractivity contribution is 0.171. The van der Waals surface area contributed by atoms with Gasteiger partial charge in [0, 0.05) is 16.7 Å². The van der Waals surface area contributed by atoms with Crippen LogP contribution < -0.4 is 14.8 Å². The number of thioether (sulfide) groups is 1. The minimum absolute atomic E-state index is 0.621. The average Bonchev–Trinajstić information content (AvgIpc) is 3.02. The van der Waals surface area contributed by atoms with Gasteiger partial charge in [-0.2, -0.15) is 0 Å². The monoisotopic (exact) mass is 293 g/mol. The molecule has 1 N–H and O–H groups in total. The molecule has 1 saturated carbocycles. The number of benzene rings is 1. The maximum absolute atomic E-state index is 5.64. The van der Waals surface area contributed by atoms with Gasteiger partial charge < -0.3 is 14.8 Å². The molecule has 0 radical (unpaired) electrons. The summed E-state index contributed by atoms with van der Waals surface area (Å²) >= 11 is 1.91. The van der Waals surface area contributed by atoms with Crippen LogP contribution in [0.3, 0.4) is 0 Å². The Labute approximate surface area is 125 Å². The number of ether oxygens (including phenoxy) is 2. The third-order valence-electron chi connectivity index (χ3n) is 4.28. The average molecular weight is 293 g/mol. The predicted molar refractivity (Wildman–Crippen MR) is 83.0 cm³/mol. The third kappa shape index (κ3) is 3.23. The number of nitrogens with one attached hydrogen (secondary N) is 1. The summed E-state index contributed by atoms with van der Waals surface area (Å²) < 4.78 is 11.2. The molecule has 3 rings (SSSR count). The van der Waals surface area contributed by atoms with Gasteiger partial charge in [0.1, 0.15) is 13.2 Å². The Morgan fingerprint density at radius 3 is 2.70 bits per heavy atom. The molecule has 1 atom stereocenters. The first kappa shape index (κ1) is 14.1. The fourth-order valence-electron chi connectivity index (χ4n) is 3.11. The van der Waals surface area contributed by atoms with Crippen LogP contribution in [-0.2, 0) is 0 Å². The number of hydrogen-bond acceptors (Lipinski definition) is 4. The van der Waals surface area contributed by atoms with Crippen molar-refractivity contribution in [2.75, 3.05) is 26.0 Å². The molecule has 0 bridgehead atoms. The molecule has 0 spiro atoms. The molecule has 1 aliphatic heterocycles. The normalized spacial score (nSPS) is 20.1. The number of rotatable bonds is 5. The van der Waals surface area contributed by atoms with E-state index in [4.69, 9.17) is 9.47 Å². The lowest BCUT2D eigenvalue weighted by Crippen LogP contribution is -2.34. The maximum Gasteiger partial charge on any atom is 0.162 e. The summed E-state index contributed by atoms with van der Waals surface area (Å²) in [5.41, 5.74) is 0. The van der Waals surface area contributed by atoms with Crippen LogP contribution >= 0.6 is 11.8 Å². The molecular formula is C16H23NO2S. The zero-order valence-corrected chi connectivity index (χ0v) is 12.9. The van der Waals surface area contributed by atoms with Crippen molar-refractivity contribution < 1.29 is 9.47 Å². The van der Waals surface area contributed by atoms with E-state index in [9.17, 15) is 0 Å². The van der Waals surface area contributed by atoms with Crippen molar-refractivity contribution in [1.82, 2.24) is 5.32 Å². The zero-order chi connectivity index (χ0) is 13.8. The minimum atomic E-state index is 0.621. The van der Waals surface area contributed by atoms with Crippen LogP contribution in [0.5, 0.6) is 11.5 Å². The standard InChI is InChI=1S/C16H23NO2S/c1-17-14(12-4-2-3-5-12)11-20-13-6-7-15-16(10-13)19-9-8-18-15/h6-7,10,12,14,17H,2-5,8-9,11H2,1H3. The molecule has 0 saturated heterocycles. The summed E-state index contributed by atoms with van der Waals surface area (Å²) in [7, 11) is 2.09. The van der Waals surface area contributed by atoms with Gasteiger partial charge in [-0.3, -0.25) is 0 Å². The smallest absolute Gasteiger partial charge is 0.162 e. The van der Waals surface area contributed by atoms with Crippen LogP contribution in [0.1, 0.15) is 25.7 Å². The van der Waals surface area contributed by atoms with Crippen molar-refractivity contribution in [1.29, 1.82) is 0 Å². The van der Waals surface area contributed by atoms with E-state index in [1.54, 1.807) is 0 Å². The van der Waals surface area contributed by atoms with Crippen molar-refractivity contribution in [3.8, 4) is 11.5 Å². The number of fused-ring (bicyclic) bond motifs is 1. The fraction of sp³-hybridized carbons (Fsp3) is 0.625. The Morgan fingerprint density at radius 1 is 1.20 bits per heavy atom. The molecule has 3 nitrogen and oxygen atoms in total. The molecule has 4 heteroatoms. The molecule has 1 unspecified atom stereocenters. The van der Waals surface area contributed by atoms with Gasteiger partial charge in [-0.15, -0.1) is 11.8 Å². The zero-order valence-electron chi connectivity index (χ0n) is 12.1. The van der Waals surface area contributed by atoms with Crippen molar-refractivity contribution in [2.24, 2.45) is 5.92 Å². The van der Waals surface area contributed by atoms with E-state index in [2.05, 4.69) is 24.5 Å². The van der Waals surface area contributed by atoms with E-state index in [0.29, 0.717) is 19.3 Å². The highest BCUT2D eigenvalue weighted by Crippen LogP contribution is 2.35. The van der Waals surface area contributed by atoms with Gasteiger partial charge in [-0.1, -0.05) is 12.8 Å². The van der Waals surface area contributed by atoms with Gasteiger partial charge in [-0.05, 0) is 44.0 Å². The molecule has 1 fully saturated rings. The molecular weight excluding hydrogens is 270 g/mol. The first-order valence-corrected chi connectivity index (χ1v) is 8.55. The van der Waals surface area contributed by atoms with Crippen LogP contribution in [-0.4, -0.2) is 32.1 Å². The Kier molecular flexibility index (Phi) is 4.73. The molecule has 0 amide bonds. The van der Waals surface area contributed by atoms with Crippen LogP contribution in [0.4, 0.5) is 0 Å². The first-order valence-electron chi connectivity index (χ1n) is 7.56. The molecule has 1 aromatic carbocycles. The predicted octanol–water partition coefficient (Wildman–Crippen LogP) is 3.33. The summed E-state index contributed by atoms with van der Waals surface area (Å²) in [6.45, 7) is 1.31. The van der Waals surface area contributed by atoms with E-state index >= 15 is 0 Å². The molecule has 110 valence electrons. The van der Waals surface area contributed by atoms with Gasteiger partial charge in [0.25, 0.3) is 0 Å². The highest BCUT2D eigenvalue weighted by atomic mass is 32.2. The molecule has 0 aromatic heterocycles. The highest BCUT2D eigenvalue weighted by Gasteiger charge is 2.23. The lowest BCUT2D eigenvalue weighted by atomic mass is 10.0. The first-order chi connectivity index (χ1) is 9.86. The Hall–Kier alpha value is -0.870. The topological polar surface area (TPSA) is 30.5 Å². The van der Waals surface area contributed by atoms with Crippen LogP contribution in [0.15, 0.2) is 23.1 Å². The Bertz CT molecular complexity index is 446. The van der Waals surface area contributed by atoms with Crippen molar-refractivity contribution in [2.45, 2.75) is 36.6 Å². The molecule has 20 heavy (non-hydrogen) atoms. The Balaban J connectivity index is 1.59. The van der Waals surface area contributed by atoms with E-state index in [1.165, 1.54) is 30.6 Å². The molecule has 1 aromatic rings. The van der Waals surface area contributed by atoms with E-state index in [1.807, 2.05) is 17.8 Å². The quantitative estimate of drug-likeness (QED) is 0.844. The number of hydrogen-bond donors (Lipinski definition) is 1. The molecule has 1 aliphatic carbocycles. The summed E-state index contributed by atoms with van der Waals surface area (Å²) in [5.74, 6) is 3.75. The van der Waals surface area contributed by atoms with E-state index in [-0.39, 0.29) is 0 Å². The second kappa shape index (κ2) is 6.72. The summed E-state index contributed by atoms with van der Waals surface area (Å²) in [4.78, 5) is 1.27. The van der Waals surface area contributed by atoms with E-state index < -0.39 is 0 Å². The van der Waals surface area contributed by atoms with Gasteiger partial charge in [0.05, 0.1) is 0 Å². The van der Waals surface area contributed by atoms with Gasteiger partial charge >= 0.3 is 0 Å². The summed E-state index contributed by atoms with van der Waals surface area (Å²) in [5, 5.41) is 3.50. The van der Waals surface area contributed by atoms with Crippen molar-refractivity contribution >= 4 is 11.8 Å². The lowest BCUT2D eigenvalue weighted by Gasteiger charge is -2.23. The second-order valence-electron chi connectivity index (χ2n) is 5.56. The third-order valence-corrected chi connectivity index (χ3v) is 5.40. The summed E-state index contributed by atoms with van der Waals surface area (Å²) in [6, 6.07) is 6.90. The molecule has 1 heterocycles. The minimum Gasteiger partial charge on any atom is -0.486 e. The maximum atomic E-state index is 5.64. The fourth-order valence-corrected chi connectivity index (χ4v) is 4.28. The van der Waals surface area contributed by atoms with Crippen molar-refractivity contribution in [3.05, 3.63) is 18.2 Å². The SMILES string of the molecule is CNC(CSc1ccc2c(c1)OCCO2)C1CCCC1. The van der Waals surface area contributed by atoms with E-state index in [0.717, 1.165) is 23.2 Å².